The van der Waals surface area contributed by atoms with Crippen LogP contribution in [0.5, 0.6) is 5.75 Å². The second kappa shape index (κ2) is 7.13. The van der Waals surface area contributed by atoms with Crippen molar-refractivity contribution < 1.29 is 4.74 Å². The first-order chi connectivity index (χ1) is 8.22. The smallest absolute Gasteiger partial charge is 0.124 e. The Bertz CT molecular complexity index is 360. The van der Waals surface area contributed by atoms with Crippen LogP contribution in [0, 0.1) is 0 Å². The van der Waals surface area contributed by atoms with Crippen molar-refractivity contribution in [2.24, 2.45) is 0 Å². The van der Waals surface area contributed by atoms with Gasteiger partial charge < -0.3 is 10.1 Å². The van der Waals surface area contributed by atoms with Crippen molar-refractivity contribution in [3.8, 4) is 5.75 Å². The van der Waals surface area contributed by atoms with Crippen molar-refractivity contribution in [3.05, 3.63) is 42.0 Å². The lowest BCUT2D eigenvalue weighted by Crippen LogP contribution is -2.18. The normalized spacial score (nSPS) is 12.2. The molecule has 2 heteroatoms. The minimum Gasteiger partial charge on any atom is -0.494 e. The fourth-order valence-corrected chi connectivity index (χ4v) is 1.86. The maximum absolute atomic E-state index is 5.67. The third-order valence-corrected chi connectivity index (χ3v) is 2.94. The Morgan fingerprint density at radius 2 is 2.06 bits per heavy atom. The fraction of sp³-hybridized carbons (Fsp3) is 0.467. The fourth-order valence-electron chi connectivity index (χ4n) is 1.86. The van der Waals surface area contributed by atoms with E-state index in [-0.39, 0.29) is 6.04 Å². The Morgan fingerprint density at radius 3 is 2.65 bits per heavy atom. The van der Waals surface area contributed by atoms with Crippen LogP contribution in [0.25, 0.3) is 0 Å². The Morgan fingerprint density at radius 1 is 1.35 bits per heavy atom. The summed E-state index contributed by atoms with van der Waals surface area (Å²) in [7, 11) is 1.98. The summed E-state index contributed by atoms with van der Waals surface area (Å²) >= 11 is 0. The van der Waals surface area contributed by atoms with E-state index in [4.69, 9.17) is 4.74 Å². The summed E-state index contributed by atoms with van der Waals surface area (Å²) < 4.78 is 5.67. The third-order valence-electron chi connectivity index (χ3n) is 2.94. The van der Waals surface area contributed by atoms with Gasteiger partial charge in [-0.05, 0) is 32.9 Å². The second-order valence-corrected chi connectivity index (χ2v) is 4.12. The summed E-state index contributed by atoms with van der Waals surface area (Å²) in [5, 5.41) is 3.34. The van der Waals surface area contributed by atoms with Crippen molar-refractivity contribution >= 4 is 0 Å². The molecule has 1 rings (SSSR count). The molecule has 0 saturated carbocycles. The number of rotatable bonds is 7. The molecular formula is C15H23NO. The van der Waals surface area contributed by atoms with Crippen LogP contribution in [0.1, 0.15) is 38.3 Å². The molecule has 1 aromatic rings. The van der Waals surface area contributed by atoms with E-state index in [2.05, 4.69) is 31.0 Å². The van der Waals surface area contributed by atoms with Crippen LogP contribution in [-0.4, -0.2) is 13.7 Å². The summed E-state index contributed by atoms with van der Waals surface area (Å²) in [5.74, 6) is 0.971. The van der Waals surface area contributed by atoms with Crippen LogP contribution >= 0.6 is 0 Å². The Hall–Kier alpha value is -1.28. The van der Waals surface area contributed by atoms with E-state index in [1.54, 1.807) is 0 Å². The van der Waals surface area contributed by atoms with Crippen molar-refractivity contribution in [1.82, 2.24) is 5.32 Å². The van der Waals surface area contributed by atoms with Gasteiger partial charge in [0.1, 0.15) is 5.75 Å². The highest BCUT2D eigenvalue weighted by Gasteiger charge is 2.14. The number of ether oxygens (including phenoxy) is 1. The van der Waals surface area contributed by atoms with Crippen molar-refractivity contribution in [2.45, 2.75) is 32.7 Å². The molecule has 0 heterocycles. The molecular weight excluding hydrogens is 210 g/mol. The highest BCUT2D eigenvalue weighted by atomic mass is 16.5. The first-order valence-electron chi connectivity index (χ1n) is 6.28. The Labute approximate surface area is 105 Å². The van der Waals surface area contributed by atoms with E-state index in [0.29, 0.717) is 6.61 Å². The highest BCUT2D eigenvalue weighted by Crippen LogP contribution is 2.29. The molecule has 0 amide bonds. The summed E-state index contributed by atoms with van der Waals surface area (Å²) in [4.78, 5) is 0. The van der Waals surface area contributed by atoms with Crippen LogP contribution in [0.2, 0.25) is 0 Å². The lowest BCUT2D eigenvalue weighted by molar-refractivity contribution is 0.332. The van der Waals surface area contributed by atoms with Crippen LogP contribution in [0.4, 0.5) is 0 Å². The molecule has 0 fully saturated rings. The van der Waals surface area contributed by atoms with Gasteiger partial charge in [-0.15, -0.1) is 0 Å². The average Bonchev–Trinajstić information content (AvgIpc) is 2.37. The predicted octanol–water partition coefficient (Wildman–Crippen LogP) is 3.70. The third kappa shape index (κ3) is 3.90. The molecule has 1 N–H and O–H groups in total. The molecule has 17 heavy (non-hydrogen) atoms. The van der Waals surface area contributed by atoms with Crippen LogP contribution < -0.4 is 10.1 Å². The van der Waals surface area contributed by atoms with E-state index in [1.807, 2.05) is 26.1 Å². The number of benzene rings is 1. The SMILES string of the molecule is C=C(CC)CC(NC)c1ccccc1OCC. The molecule has 0 radical (unpaired) electrons. The molecule has 0 aliphatic carbocycles. The van der Waals surface area contributed by atoms with Crippen molar-refractivity contribution in [1.29, 1.82) is 0 Å². The van der Waals surface area contributed by atoms with Gasteiger partial charge in [0.25, 0.3) is 0 Å². The molecule has 0 spiro atoms. The van der Waals surface area contributed by atoms with Gasteiger partial charge in [0, 0.05) is 11.6 Å². The predicted molar refractivity (Wildman–Crippen MR) is 73.5 cm³/mol. The number of nitrogens with one attached hydrogen (secondary N) is 1. The number of hydrogen-bond acceptors (Lipinski definition) is 2. The molecule has 0 aliphatic heterocycles. The van der Waals surface area contributed by atoms with Gasteiger partial charge in [-0.1, -0.05) is 37.3 Å². The van der Waals surface area contributed by atoms with Gasteiger partial charge >= 0.3 is 0 Å². The van der Waals surface area contributed by atoms with Gasteiger partial charge in [-0.25, -0.2) is 0 Å². The summed E-state index contributed by atoms with van der Waals surface area (Å²) in [6, 6.07) is 8.49. The van der Waals surface area contributed by atoms with E-state index < -0.39 is 0 Å². The summed E-state index contributed by atoms with van der Waals surface area (Å²) in [6.07, 6.45) is 1.98. The highest BCUT2D eigenvalue weighted by molar-refractivity contribution is 5.36. The molecule has 1 atom stereocenters. The molecule has 0 saturated heterocycles. The lowest BCUT2D eigenvalue weighted by atomic mass is 9.98. The lowest BCUT2D eigenvalue weighted by Gasteiger charge is -2.20. The zero-order valence-electron chi connectivity index (χ0n) is 11.1. The molecule has 94 valence electrons. The second-order valence-electron chi connectivity index (χ2n) is 4.12. The van der Waals surface area contributed by atoms with Gasteiger partial charge in [-0.3, -0.25) is 0 Å². The zero-order valence-corrected chi connectivity index (χ0v) is 11.1. The zero-order chi connectivity index (χ0) is 12.7. The number of para-hydroxylation sites is 1. The van der Waals surface area contributed by atoms with E-state index in [1.165, 1.54) is 11.1 Å². The number of hydrogen-bond donors (Lipinski definition) is 1. The monoisotopic (exact) mass is 233 g/mol. The van der Waals surface area contributed by atoms with Crippen LogP contribution in [0.15, 0.2) is 36.4 Å². The maximum atomic E-state index is 5.67. The Balaban J connectivity index is 2.90. The van der Waals surface area contributed by atoms with Crippen molar-refractivity contribution in [2.75, 3.05) is 13.7 Å². The molecule has 1 aromatic carbocycles. The molecule has 0 aromatic heterocycles. The first-order valence-corrected chi connectivity index (χ1v) is 6.28. The molecule has 2 nitrogen and oxygen atoms in total. The van der Waals surface area contributed by atoms with Crippen molar-refractivity contribution in [3.63, 3.8) is 0 Å². The Kier molecular flexibility index (Phi) is 5.78. The first kappa shape index (κ1) is 13.8. The van der Waals surface area contributed by atoms with E-state index in [0.717, 1.165) is 18.6 Å². The van der Waals surface area contributed by atoms with Crippen LogP contribution in [0.3, 0.4) is 0 Å². The van der Waals surface area contributed by atoms with Gasteiger partial charge in [0.15, 0.2) is 0 Å². The topological polar surface area (TPSA) is 21.3 Å². The minimum absolute atomic E-state index is 0.283. The molecule has 0 bridgehead atoms. The summed E-state index contributed by atoms with van der Waals surface area (Å²) in [6.45, 7) is 8.93. The van der Waals surface area contributed by atoms with Crippen LogP contribution in [-0.2, 0) is 0 Å². The minimum atomic E-state index is 0.283. The van der Waals surface area contributed by atoms with E-state index >= 15 is 0 Å². The molecule has 1 unspecified atom stereocenters. The van der Waals surface area contributed by atoms with Gasteiger partial charge in [-0.2, -0.15) is 0 Å². The van der Waals surface area contributed by atoms with E-state index in [9.17, 15) is 0 Å². The quantitative estimate of drug-likeness (QED) is 0.725. The van der Waals surface area contributed by atoms with Gasteiger partial charge in [0.2, 0.25) is 0 Å². The largest absolute Gasteiger partial charge is 0.494 e. The maximum Gasteiger partial charge on any atom is 0.124 e. The molecule has 0 aliphatic rings. The standard InChI is InChI=1S/C15H23NO/c1-5-12(3)11-14(16-4)13-9-7-8-10-15(13)17-6-2/h7-10,14,16H,3,5-6,11H2,1-2,4H3. The summed E-state index contributed by atoms with van der Waals surface area (Å²) in [5.41, 5.74) is 2.47. The average molecular weight is 233 g/mol. The van der Waals surface area contributed by atoms with Gasteiger partial charge in [0.05, 0.1) is 6.61 Å².